The van der Waals surface area contributed by atoms with E-state index < -0.39 is 0 Å². The zero-order valence-electron chi connectivity index (χ0n) is 14.1. The summed E-state index contributed by atoms with van der Waals surface area (Å²) in [5, 5.41) is 6.76. The van der Waals surface area contributed by atoms with Crippen molar-refractivity contribution in [2.45, 2.75) is 39.3 Å². The molecule has 126 valence electrons. The van der Waals surface area contributed by atoms with Crippen LogP contribution in [-0.4, -0.2) is 65.5 Å². The van der Waals surface area contributed by atoms with Gasteiger partial charge in [0.15, 0.2) is 5.69 Å². The Morgan fingerprint density at radius 2 is 2.09 bits per heavy atom. The predicted octanol–water partition coefficient (Wildman–Crippen LogP) is 0.654. The number of aromatic nitrogens is 1. The zero-order chi connectivity index (χ0) is 16.8. The monoisotopic (exact) mass is 320 g/mol. The Morgan fingerprint density at radius 1 is 1.39 bits per heavy atom. The van der Waals surface area contributed by atoms with Gasteiger partial charge in [-0.25, -0.2) is 0 Å². The second-order valence-electron chi connectivity index (χ2n) is 7.28. The molecule has 1 unspecified atom stereocenters. The Balaban J connectivity index is 1.60. The van der Waals surface area contributed by atoms with Crippen LogP contribution < -0.4 is 5.32 Å². The highest BCUT2D eigenvalue weighted by Gasteiger charge is 2.53. The van der Waals surface area contributed by atoms with E-state index in [0.29, 0.717) is 24.5 Å². The Kier molecular flexibility index (Phi) is 3.91. The van der Waals surface area contributed by atoms with Gasteiger partial charge in [-0.3, -0.25) is 14.5 Å². The molecule has 2 amide bonds. The molecule has 1 aromatic rings. The highest BCUT2D eigenvalue weighted by molar-refractivity contribution is 5.93. The first kappa shape index (κ1) is 16.0. The lowest BCUT2D eigenvalue weighted by molar-refractivity contribution is -0.125. The summed E-state index contributed by atoms with van der Waals surface area (Å²) in [5.74, 6) is 0.621. The molecule has 2 aliphatic rings. The van der Waals surface area contributed by atoms with Crippen LogP contribution in [0.2, 0.25) is 0 Å². The number of aryl methyl sites for hydroxylation is 1. The number of amides is 2. The van der Waals surface area contributed by atoms with Crippen LogP contribution in [0.5, 0.6) is 0 Å². The first-order valence-corrected chi connectivity index (χ1v) is 8.03. The van der Waals surface area contributed by atoms with Crippen LogP contribution >= 0.6 is 0 Å². The van der Waals surface area contributed by atoms with Crippen LogP contribution in [0.1, 0.15) is 36.5 Å². The first-order valence-electron chi connectivity index (χ1n) is 8.03. The molecule has 7 nitrogen and oxygen atoms in total. The van der Waals surface area contributed by atoms with Crippen LogP contribution in [-0.2, 0) is 4.79 Å². The molecule has 1 N–H and O–H groups in total. The summed E-state index contributed by atoms with van der Waals surface area (Å²) < 4.78 is 4.97. The second-order valence-corrected chi connectivity index (χ2v) is 7.28. The maximum Gasteiger partial charge on any atom is 0.276 e. The minimum Gasteiger partial charge on any atom is -0.361 e. The van der Waals surface area contributed by atoms with Gasteiger partial charge in [-0.1, -0.05) is 5.16 Å². The van der Waals surface area contributed by atoms with Gasteiger partial charge < -0.3 is 14.7 Å². The highest BCUT2D eigenvalue weighted by atomic mass is 16.5. The molecule has 0 aromatic carbocycles. The minimum atomic E-state index is -0.107. The van der Waals surface area contributed by atoms with E-state index in [0.717, 1.165) is 13.0 Å². The number of nitrogens with zero attached hydrogens (tertiary/aromatic N) is 3. The standard InChI is InChI=1S/C16H24N4O3/c1-10(2)17-14(21)13-6-16(7-19(13)4)8-20(9-16)15(22)12-5-11(3)23-18-12/h5,10,13H,6-9H2,1-4H3,(H,17,21). The van der Waals surface area contributed by atoms with Gasteiger partial charge in [0.1, 0.15) is 5.76 Å². The Bertz CT molecular complexity index is 619. The third kappa shape index (κ3) is 2.97. The number of likely N-dealkylation sites (tertiary alicyclic amines) is 2. The number of carbonyl (C=O) groups excluding carboxylic acids is 2. The number of nitrogens with one attached hydrogen (secondary N) is 1. The van der Waals surface area contributed by atoms with Crippen LogP contribution in [0, 0.1) is 12.3 Å². The van der Waals surface area contributed by atoms with Crippen LogP contribution in [0.3, 0.4) is 0 Å². The van der Waals surface area contributed by atoms with Gasteiger partial charge in [-0.15, -0.1) is 0 Å². The molecule has 2 fully saturated rings. The number of likely N-dealkylation sites (N-methyl/N-ethyl adjacent to an activating group) is 1. The zero-order valence-corrected chi connectivity index (χ0v) is 14.1. The van der Waals surface area contributed by atoms with Gasteiger partial charge in [0, 0.05) is 37.2 Å². The van der Waals surface area contributed by atoms with Crippen molar-refractivity contribution < 1.29 is 14.1 Å². The van der Waals surface area contributed by atoms with E-state index in [1.807, 2.05) is 20.9 Å². The van der Waals surface area contributed by atoms with E-state index in [2.05, 4.69) is 15.4 Å². The van der Waals surface area contributed by atoms with Crippen LogP contribution in [0.4, 0.5) is 0 Å². The molecule has 3 rings (SSSR count). The maximum atomic E-state index is 12.3. The van der Waals surface area contributed by atoms with Crippen molar-refractivity contribution in [2.75, 3.05) is 26.7 Å². The molecule has 1 atom stereocenters. The lowest BCUT2D eigenvalue weighted by Gasteiger charge is -2.47. The Labute approximate surface area is 136 Å². The largest absolute Gasteiger partial charge is 0.361 e. The summed E-state index contributed by atoms with van der Waals surface area (Å²) >= 11 is 0. The predicted molar refractivity (Wildman–Crippen MR) is 83.9 cm³/mol. The molecule has 2 saturated heterocycles. The molecule has 1 aromatic heterocycles. The van der Waals surface area contributed by atoms with Gasteiger partial charge >= 0.3 is 0 Å². The lowest BCUT2D eigenvalue weighted by atomic mass is 9.77. The summed E-state index contributed by atoms with van der Waals surface area (Å²) in [6.07, 6.45) is 0.795. The molecule has 7 heteroatoms. The van der Waals surface area contributed by atoms with Crippen molar-refractivity contribution in [1.82, 2.24) is 20.3 Å². The minimum absolute atomic E-state index is 0.0299. The van der Waals surface area contributed by atoms with Crippen molar-refractivity contribution in [3.05, 3.63) is 17.5 Å². The molecule has 0 saturated carbocycles. The topological polar surface area (TPSA) is 78.7 Å². The van der Waals surface area contributed by atoms with E-state index in [9.17, 15) is 9.59 Å². The fraction of sp³-hybridized carbons (Fsp3) is 0.688. The van der Waals surface area contributed by atoms with E-state index in [-0.39, 0.29) is 29.3 Å². The van der Waals surface area contributed by atoms with E-state index in [1.165, 1.54) is 0 Å². The fourth-order valence-electron chi connectivity index (χ4n) is 3.71. The average Bonchev–Trinajstić information content (AvgIpc) is 2.99. The van der Waals surface area contributed by atoms with Crippen molar-refractivity contribution in [1.29, 1.82) is 0 Å². The molecule has 0 radical (unpaired) electrons. The first-order chi connectivity index (χ1) is 10.8. The smallest absolute Gasteiger partial charge is 0.276 e. The van der Waals surface area contributed by atoms with Gasteiger partial charge in [-0.2, -0.15) is 0 Å². The normalized spacial score (nSPS) is 23.3. The van der Waals surface area contributed by atoms with Gasteiger partial charge in [0.25, 0.3) is 5.91 Å². The Morgan fingerprint density at radius 3 is 2.65 bits per heavy atom. The van der Waals surface area contributed by atoms with Crippen LogP contribution in [0.15, 0.2) is 10.6 Å². The van der Waals surface area contributed by atoms with Crippen LogP contribution in [0.25, 0.3) is 0 Å². The molecule has 23 heavy (non-hydrogen) atoms. The Hall–Kier alpha value is -1.89. The van der Waals surface area contributed by atoms with E-state index in [4.69, 9.17) is 4.52 Å². The fourth-order valence-corrected chi connectivity index (χ4v) is 3.71. The van der Waals surface area contributed by atoms with Crippen molar-refractivity contribution in [3.8, 4) is 0 Å². The summed E-state index contributed by atoms with van der Waals surface area (Å²) in [6, 6.07) is 1.69. The highest BCUT2D eigenvalue weighted by Crippen LogP contribution is 2.42. The van der Waals surface area contributed by atoms with E-state index >= 15 is 0 Å². The van der Waals surface area contributed by atoms with E-state index in [1.54, 1.807) is 17.9 Å². The molecule has 0 bridgehead atoms. The molecule has 1 spiro atoms. The number of hydrogen-bond donors (Lipinski definition) is 1. The van der Waals surface area contributed by atoms with Gasteiger partial charge in [0.05, 0.1) is 6.04 Å². The summed E-state index contributed by atoms with van der Waals surface area (Å²) in [6.45, 7) is 7.88. The maximum absolute atomic E-state index is 12.3. The lowest BCUT2D eigenvalue weighted by Crippen LogP contribution is -2.59. The van der Waals surface area contributed by atoms with Crippen molar-refractivity contribution in [3.63, 3.8) is 0 Å². The van der Waals surface area contributed by atoms with Crippen molar-refractivity contribution in [2.24, 2.45) is 5.41 Å². The van der Waals surface area contributed by atoms with Gasteiger partial charge in [-0.05, 0) is 34.2 Å². The summed E-state index contributed by atoms with van der Waals surface area (Å²) in [7, 11) is 1.98. The quantitative estimate of drug-likeness (QED) is 0.885. The molecule has 0 aliphatic carbocycles. The molecule has 3 heterocycles. The van der Waals surface area contributed by atoms with Gasteiger partial charge in [0.2, 0.25) is 5.91 Å². The average molecular weight is 320 g/mol. The van der Waals surface area contributed by atoms with Crippen molar-refractivity contribution >= 4 is 11.8 Å². The molecule has 2 aliphatic heterocycles. The molecular weight excluding hydrogens is 296 g/mol. The summed E-state index contributed by atoms with van der Waals surface area (Å²) in [5.41, 5.74) is 0.389. The number of rotatable bonds is 3. The number of carbonyl (C=O) groups is 2. The molecular formula is C16H24N4O3. The summed E-state index contributed by atoms with van der Waals surface area (Å²) in [4.78, 5) is 28.5. The SMILES string of the molecule is Cc1cc(C(=O)N2CC3(CC(C(=O)NC(C)C)N(C)C3)C2)no1. The third-order valence-corrected chi connectivity index (χ3v) is 4.66. The number of hydrogen-bond acceptors (Lipinski definition) is 5. The second kappa shape index (κ2) is 5.63. The third-order valence-electron chi connectivity index (χ3n) is 4.66.